The Morgan fingerprint density at radius 3 is 2.49 bits per heavy atom. The zero-order valence-corrected chi connectivity index (χ0v) is 28.8. The Morgan fingerprint density at radius 1 is 0.961 bits per heavy atom. The number of fused-ring (bicyclic) bond motifs is 2. The van der Waals surface area contributed by atoms with E-state index in [2.05, 4.69) is 5.32 Å². The van der Waals surface area contributed by atoms with Crippen molar-refractivity contribution < 1.29 is 42.9 Å². The van der Waals surface area contributed by atoms with Crippen LogP contribution in [0.2, 0.25) is 5.02 Å². The highest BCUT2D eigenvalue weighted by atomic mass is 35.5. The Kier molecular flexibility index (Phi) is 11.3. The molecule has 0 bridgehead atoms. The zero-order valence-electron chi connectivity index (χ0n) is 28.1. The van der Waals surface area contributed by atoms with Gasteiger partial charge in [-0.3, -0.25) is 19.2 Å². The van der Waals surface area contributed by atoms with Crippen LogP contribution in [0.25, 0.3) is 11.0 Å². The molecule has 266 valence electrons. The number of ether oxygens (including phenoxy) is 4. The summed E-state index contributed by atoms with van der Waals surface area (Å²) in [7, 11) is 0. The van der Waals surface area contributed by atoms with Crippen LogP contribution in [0.1, 0.15) is 51.1 Å². The molecule has 1 aromatic heterocycles. The standard InChI is InChI=1S/C38H37ClN2O10/c1-3-49-38-26(12-14-47-16-17-48-15-13-42)28(30-21-50-32-7-5-4-6-27(32)34(30)43)20-33(51-38)35(44)40-24-9-11-31(22(2)18-24)41-36(45)25-10-8-23(39)19-29(25)37(41)46/h4-11,18-21,26,28,38,42H,3,12-17H2,1-2H3,(H,40,44)/t26-,28-,38+/m0/s1. The fourth-order valence-electron chi connectivity index (χ4n) is 6.33. The van der Waals surface area contributed by atoms with Gasteiger partial charge in [-0.25, -0.2) is 4.90 Å². The average molecular weight is 717 g/mol. The van der Waals surface area contributed by atoms with E-state index in [4.69, 9.17) is 40.1 Å². The van der Waals surface area contributed by atoms with Crippen molar-refractivity contribution in [3.63, 3.8) is 0 Å². The third kappa shape index (κ3) is 7.60. The molecule has 51 heavy (non-hydrogen) atoms. The second-order valence-electron chi connectivity index (χ2n) is 12.0. The van der Waals surface area contributed by atoms with E-state index in [0.29, 0.717) is 58.1 Å². The van der Waals surface area contributed by atoms with Crippen molar-refractivity contribution in [3.05, 3.63) is 116 Å². The zero-order chi connectivity index (χ0) is 36.1. The number of hydrogen-bond donors (Lipinski definition) is 2. The number of anilines is 2. The molecule has 3 atom stereocenters. The van der Waals surface area contributed by atoms with E-state index < -0.39 is 35.8 Å². The molecule has 0 radical (unpaired) electrons. The van der Waals surface area contributed by atoms with Gasteiger partial charge >= 0.3 is 0 Å². The lowest BCUT2D eigenvalue weighted by atomic mass is 9.81. The third-order valence-electron chi connectivity index (χ3n) is 8.75. The minimum atomic E-state index is -0.905. The van der Waals surface area contributed by atoms with Gasteiger partial charge in [-0.15, -0.1) is 0 Å². The summed E-state index contributed by atoms with van der Waals surface area (Å²) in [4.78, 5) is 55.0. The lowest BCUT2D eigenvalue weighted by molar-refractivity contribution is -0.166. The van der Waals surface area contributed by atoms with Crippen LogP contribution in [0, 0.1) is 12.8 Å². The number of imide groups is 1. The summed E-state index contributed by atoms with van der Waals surface area (Å²) in [5, 5.41) is 12.5. The molecule has 0 spiro atoms. The highest BCUT2D eigenvalue weighted by Crippen LogP contribution is 2.39. The first kappa shape index (κ1) is 36.0. The van der Waals surface area contributed by atoms with Gasteiger partial charge in [-0.05, 0) is 80.4 Å². The van der Waals surface area contributed by atoms with Crippen LogP contribution in [0.15, 0.2) is 88.0 Å². The van der Waals surface area contributed by atoms with Gasteiger partial charge in [0, 0.05) is 41.3 Å². The molecule has 3 heterocycles. The van der Waals surface area contributed by atoms with Gasteiger partial charge in [-0.2, -0.15) is 0 Å². The number of hydrogen-bond acceptors (Lipinski definition) is 10. The summed E-state index contributed by atoms with van der Waals surface area (Å²) in [5.41, 5.74) is 2.35. The van der Waals surface area contributed by atoms with Gasteiger partial charge in [0.25, 0.3) is 17.7 Å². The van der Waals surface area contributed by atoms with E-state index in [9.17, 15) is 19.2 Å². The minimum absolute atomic E-state index is 0.0560. The number of aliphatic hydroxyl groups is 1. The van der Waals surface area contributed by atoms with E-state index in [1.54, 1.807) is 68.5 Å². The molecule has 0 saturated heterocycles. The number of carbonyl (C=O) groups is 3. The predicted octanol–water partition coefficient (Wildman–Crippen LogP) is 5.59. The number of aliphatic hydroxyl groups excluding tert-OH is 1. The van der Waals surface area contributed by atoms with Crippen LogP contribution in [0.4, 0.5) is 11.4 Å². The second kappa shape index (κ2) is 16.0. The number of nitrogens with one attached hydrogen (secondary N) is 1. The van der Waals surface area contributed by atoms with Crippen molar-refractivity contribution in [1.29, 1.82) is 0 Å². The minimum Gasteiger partial charge on any atom is -0.464 e. The first-order valence-electron chi connectivity index (χ1n) is 16.6. The maximum atomic E-state index is 13.8. The molecule has 12 nitrogen and oxygen atoms in total. The smallest absolute Gasteiger partial charge is 0.290 e. The van der Waals surface area contributed by atoms with E-state index in [1.165, 1.54) is 18.4 Å². The molecule has 6 rings (SSSR count). The predicted molar refractivity (Wildman–Crippen MR) is 189 cm³/mol. The van der Waals surface area contributed by atoms with Crippen molar-refractivity contribution in [2.75, 3.05) is 49.9 Å². The second-order valence-corrected chi connectivity index (χ2v) is 12.4. The number of carbonyl (C=O) groups excluding carboxylic acids is 3. The lowest BCUT2D eigenvalue weighted by Crippen LogP contribution is -2.39. The van der Waals surface area contributed by atoms with Crippen molar-refractivity contribution in [3.8, 4) is 0 Å². The third-order valence-corrected chi connectivity index (χ3v) is 8.99. The van der Waals surface area contributed by atoms with Crippen LogP contribution in [-0.4, -0.2) is 68.8 Å². The van der Waals surface area contributed by atoms with Gasteiger partial charge in [-0.1, -0.05) is 23.7 Å². The number of para-hydroxylation sites is 1. The number of benzene rings is 3. The Morgan fingerprint density at radius 2 is 1.73 bits per heavy atom. The molecule has 0 saturated carbocycles. The molecule has 2 aliphatic rings. The van der Waals surface area contributed by atoms with E-state index >= 15 is 0 Å². The fourth-order valence-corrected chi connectivity index (χ4v) is 6.50. The van der Waals surface area contributed by atoms with E-state index in [0.717, 1.165) is 4.90 Å². The molecular formula is C38H37ClN2O10. The monoisotopic (exact) mass is 716 g/mol. The Bertz CT molecular complexity index is 2040. The highest BCUT2D eigenvalue weighted by molar-refractivity contribution is 6.37. The van der Waals surface area contributed by atoms with Gasteiger partial charge in [0.2, 0.25) is 6.29 Å². The fraction of sp³-hybridized carbons (Fsp3) is 0.316. The molecule has 2 N–H and O–H groups in total. The number of rotatable bonds is 14. The first-order valence-corrected chi connectivity index (χ1v) is 17.0. The Labute approximate surface area is 298 Å². The molecule has 3 amide bonds. The van der Waals surface area contributed by atoms with Crippen LogP contribution < -0.4 is 15.6 Å². The number of halogens is 1. The van der Waals surface area contributed by atoms with Gasteiger partial charge < -0.3 is 33.8 Å². The maximum absolute atomic E-state index is 13.8. The maximum Gasteiger partial charge on any atom is 0.290 e. The average Bonchev–Trinajstić information content (AvgIpc) is 3.36. The van der Waals surface area contributed by atoms with Gasteiger partial charge in [0.15, 0.2) is 11.2 Å². The number of aryl methyl sites for hydroxylation is 1. The Balaban J connectivity index is 1.26. The number of amides is 3. The largest absolute Gasteiger partial charge is 0.464 e. The summed E-state index contributed by atoms with van der Waals surface area (Å²) in [6.07, 6.45) is 2.53. The summed E-state index contributed by atoms with van der Waals surface area (Å²) >= 11 is 6.07. The molecule has 13 heteroatoms. The SMILES string of the molecule is CCO[C@@H]1OC(C(=O)Nc2ccc(N3C(=O)c4ccc(Cl)cc4C3=O)c(C)c2)=C[C@H](c2coc3ccccc3c2=O)[C@@H]1CCOCCOCCO. The quantitative estimate of drug-likeness (QED) is 0.125. The van der Waals surface area contributed by atoms with Gasteiger partial charge in [0.05, 0.1) is 54.9 Å². The number of nitrogens with zero attached hydrogens (tertiary/aromatic N) is 1. The van der Waals surface area contributed by atoms with Crippen LogP contribution in [0.3, 0.4) is 0 Å². The molecule has 0 unspecified atom stereocenters. The van der Waals surface area contributed by atoms with Gasteiger partial charge in [0.1, 0.15) is 5.58 Å². The van der Waals surface area contributed by atoms with Crippen LogP contribution >= 0.6 is 11.6 Å². The molecular weight excluding hydrogens is 680 g/mol. The molecule has 0 fully saturated rings. The Hall–Kier alpha value is -4.85. The highest BCUT2D eigenvalue weighted by Gasteiger charge is 2.40. The van der Waals surface area contributed by atoms with Crippen molar-refractivity contribution in [2.24, 2.45) is 5.92 Å². The van der Waals surface area contributed by atoms with Crippen molar-refractivity contribution >= 4 is 51.7 Å². The van der Waals surface area contributed by atoms with E-state index in [1.807, 2.05) is 0 Å². The summed E-state index contributed by atoms with van der Waals surface area (Å²) in [6, 6.07) is 16.3. The van der Waals surface area contributed by atoms with Crippen molar-refractivity contribution in [2.45, 2.75) is 32.5 Å². The molecule has 3 aromatic carbocycles. The first-order chi connectivity index (χ1) is 24.7. The topological polar surface area (TPSA) is 154 Å². The van der Waals surface area contributed by atoms with Crippen molar-refractivity contribution in [1.82, 2.24) is 0 Å². The lowest BCUT2D eigenvalue weighted by Gasteiger charge is -2.36. The summed E-state index contributed by atoms with van der Waals surface area (Å²) < 4.78 is 29.1. The van der Waals surface area contributed by atoms with Crippen LogP contribution in [-0.2, 0) is 23.7 Å². The normalized spacial score (nSPS) is 18.5. The van der Waals surface area contributed by atoms with E-state index in [-0.39, 0.29) is 48.7 Å². The summed E-state index contributed by atoms with van der Waals surface area (Å²) in [5.74, 6) is -2.67. The van der Waals surface area contributed by atoms with Crippen LogP contribution in [0.5, 0.6) is 0 Å². The molecule has 4 aromatic rings. The molecule has 0 aliphatic carbocycles. The molecule has 2 aliphatic heterocycles. The summed E-state index contributed by atoms with van der Waals surface area (Å²) in [6.45, 7) is 4.85. The number of allylic oxidation sites excluding steroid dienone is 1.